The van der Waals surface area contributed by atoms with Crippen LogP contribution in [0.15, 0.2) is 40.8 Å². The van der Waals surface area contributed by atoms with Crippen LogP contribution < -0.4 is 5.73 Å². The molecular formula is C16H17FN2O2. The maximum Gasteiger partial charge on any atom is 0.289 e. The van der Waals surface area contributed by atoms with Crippen LogP contribution in [-0.2, 0) is 0 Å². The topological polar surface area (TPSA) is 59.5 Å². The van der Waals surface area contributed by atoms with E-state index in [1.807, 2.05) is 0 Å². The van der Waals surface area contributed by atoms with E-state index in [-0.39, 0.29) is 23.5 Å². The molecule has 0 saturated carbocycles. The van der Waals surface area contributed by atoms with Crippen molar-refractivity contribution in [1.29, 1.82) is 0 Å². The highest BCUT2D eigenvalue weighted by Crippen LogP contribution is 2.25. The molecule has 5 heteroatoms. The normalized spacial score (nSPS) is 16.2. The summed E-state index contributed by atoms with van der Waals surface area (Å²) in [6, 6.07) is 9.73. The fourth-order valence-electron chi connectivity index (χ4n) is 2.52. The first kappa shape index (κ1) is 13.8. The molecule has 0 unspecified atom stereocenters. The lowest BCUT2D eigenvalue weighted by Gasteiger charge is -2.29. The number of piperidine rings is 1. The molecule has 2 heterocycles. The zero-order valence-electron chi connectivity index (χ0n) is 11.6. The van der Waals surface area contributed by atoms with E-state index in [2.05, 4.69) is 0 Å². The molecule has 0 bridgehead atoms. The van der Waals surface area contributed by atoms with Gasteiger partial charge in [0.2, 0.25) is 0 Å². The Morgan fingerprint density at radius 3 is 2.62 bits per heavy atom. The van der Waals surface area contributed by atoms with Gasteiger partial charge in [0.25, 0.3) is 5.91 Å². The van der Waals surface area contributed by atoms with Gasteiger partial charge in [-0.2, -0.15) is 0 Å². The fraction of sp³-hybridized carbons (Fsp3) is 0.312. The zero-order chi connectivity index (χ0) is 14.8. The van der Waals surface area contributed by atoms with Gasteiger partial charge in [0.1, 0.15) is 11.6 Å². The lowest BCUT2D eigenvalue weighted by Crippen LogP contribution is -2.42. The second-order valence-corrected chi connectivity index (χ2v) is 5.27. The second-order valence-electron chi connectivity index (χ2n) is 5.27. The van der Waals surface area contributed by atoms with Crippen molar-refractivity contribution in [1.82, 2.24) is 4.90 Å². The van der Waals surface area contributed by atoms with Crippen molar-refractivity contribution in [3.63, 3.8) is 0 Å². The van der Waals surface area contributed by atoms with Gasteiger partial charge in [-0.15, -0.1) is 0 Å². The molecule has 1 saturated heterocycles. The monoisotopic (exact) mass is 288 g/mol. The van der Waals surface area contributed by atoms with Gasteiger partial charge in [0, 0.05) is 19.1 Å². The van der Waals surface area contributed by atoms with Crippen LogP contribution >= 0.6 is 0 Å². The van der Waals surface area contributed by atoms with Gasteiger partial charge in [-0.25, -0.2) is 4.39 Å². The van der Waals surface area contributed by atoms with Crippen LogP contribution in [0.3, 0.4) is 0 Å². The quantitative estimate of drug-likeness (QED) is 0.924. The third-order valence-corrected chi connectivity index (χ3v) is 3.78. The van der Waals surface area contributed by atoms with Gasteiger partial charge < -0.3 is 15.1 Å². The average Bonchev–Trinajstić information content (AvgIpc) is 2.97. The Kier molecular flexibility index (Phi) is 3.75. The molecule has 3 rings (SSSR count). The molecule has 2 aromatic rings. The summed E-state index contributed by atoms with van der Waals surface area (Å²) in [6.45, 7) is 1.27. The molecule has 4 nitrogen and oxygen atoms in total. The highest BCUT2D eigenvalue weighted by Gasteiger charge is 2.24. The summed E-state index contributed by atoms with van der Waals surface area (Å²) in [4.78, 5) is 14.1. The summed E-state index contributed by atoms with van der Waals surface area (Å²) < 4.78 is 19.2. The minimum atomic E-state index is -0.366. The first-order valence-corrected chi connectivity index (χ1v) is 7.05. The summed E-state index contributed by atoms with van der Waals surface area (Å²) in [6.07, 6.45) is 1.60. The van der Waals surface area contributed by atoms with E-state index in [9.17, 15) is 9.18 Å². The van der Waals surface area contributed by atoms with E-state index >= 15 is 0 Å². The Morgan fingerprint density at radius 2 is 1.90 bits per heavy atom. The number of rotatable bonds is 2. The van der Waals surface area contributed by atoms with Crippen molar-refractivity contribution >= 4 is 5.91 Å². The second kappa shape index (κ2) is 5.69. The van der Waals surface area contributed by atoms with Crippen molar-refractivity contribution in [2.75, 3.05) is 13.1 Å². The first-order valence-electron chi connectivity index (χ1n) is 7.05. The third kappa shape index (κ3) is 2.83. The largest absolute Gasteiger partial charge is 0.451 e. The highest BCUT2D eigenvalue weighted by atomic mass is 19.1. The van der Waals surface area contributed by atoms with E-state index in [0.29, 0.717) is 24.4 Å². The first-order chi connectivity index (χ1) is 10.1. The fourth-order valence-corrected chi connectivity index (χ4v) is 2.52. The molecule has 1 aromatic carbocycles. The zero-order valence-corrected chi connectivity index (χ0v) is 11.6. The van der Waals surface area contributed by atoms with E-state index < -0.39 is 0 Å². The minimum absolute atomic E-state index is 0.163. The van der Waals surface area contributed by atoms with Crippen LogP contribution in [0.4, 0.5) is 4.39 Å². The van der Waals surface area contributed by atoms with E-state index in [4.69, 9.17) is 10.2 Å². The summed E-state index contributed by atoms with van der Waals surface area (Å²) in [5, 5.41) is 0. The Morgan fingerprint density at radius 1 is 1.19 bits per heavy atom. The number of hydrogen-bond acceptors (Lipinski definition) is 3. The molecule has 1 aromatic heterocycles. The van der Waals surface area contributed by atoms with Gasteiger partial charge >= 0.3 is 0 Å². The van der Waals surface area contributed by atoms with Crippen molar-refractivity contribution < 1.29 is 13.6 Å². The predicted molar refractivity (Wildman–Crippen MR) is 77.2 cm³/mol. The molecule has 0 atom stereocenters. The Hall–Kier alpha value is -2.14. The number of likely N-dealkylation sites (tertiary alicyclic amines) is 1. The van der Waals surface area contributed by atoms with Gasteiger partial charge in [0.05, 0.1) is 5.56 Å². The molecule has 0 spiro atoms. The molecular weight excluding hydrogens is 271 g/mol. The number of benzene rings is 1. The summed E-state index contributed by atoms with van der Waals surface area (Å²) in [5.74, 6) is 0.0770. The van der Waals surface area contributed by atoms with E-state index in [1.165, 1.54) is 6.07 Å². The van der Waals surface area contributed by atoms with Gasteiger partial charge in [-0.1, -0.05) is 12.1 Å². The van der Waals surface area contributed by atoms with Gasteiger partial charge in [0.15, 0.2) is 5.76 Å². The molecule has 110 valence electrons. The number of furan rings is 1. The Balaban J connectivity index is 1.79. The number of amides is 1. The average molecular weight is 288 g/mol. The lowest BCUT2D eigenvalue weighted by molar-refractivity contribution is 0.0683. The summed E-state index contributed by atoms with van der Waals surface area (Å²) >= 11 is 0. The number of nitrogens with two attached hydrogens (primary N) is 1. The van der Waals surface area contributed by atoms with E-state index in [1.54, 1.807) is 35.2 Å². The molecule has 0 radical (unpaired) electrons. The summed E-state index contributed by atoms with van der Waals surface area (Å²) in [7, 11) is 0. The minimum Gasteiger partial charge on any atom is -0.451 e. The number of carbonyl (C=O) groups is 1. The Labute approximate surface area is 122 Å². The van der Waals surface area contributed by atoms with Crippen LogP contribution in [-0.4, -0.2) is 29.9 Å². The molecule has 1 fully saturated rings. The van der Waals surface area contributed by atoms with Crippen LogP contribution in [0.5, 0.6) is 0 Å². The maximum absolute atomic E-state index is 13.7. The SMILES string of the molecule is NC1CCN(C(=O)c2ccc(-c3ccccc3F)o2)CC1. The van der Waals surface area contributed by atoms with Gasteiger partial charge in [-0.3, -0.25) is 4.79 Å². The molecule has 21 heavy (non-hydrogen) atoms. The third-order valence-electron chi connectivity index (χ3n) is 3.78. The highest BCUT2D eigenvalue weighted by molar-refractivity contribution is 5.92. The summed E-state index contributed by atoms with van der Waals surface area (Å²) in [5.41, 5.74) is 6.19. The molecule has 0 aliphatic carbocycles. The maximum atomic E-state index is 13.7. The van der Waals surface area contributed by atoms with Crippen molar-refractivity contribution in [3.8, 4) is 11.3 Å². The number of nitrogens with zero attached hydrogens (tertiary/aromatic N) is 1. The smallest absolute Gasteiger partial charge is 0.289 e. The predicted octanol–water partition coefficient (Wildman–Crippen LogP) is 2.65. The van der Waals surface area contributed by atoms with E-state index in [0.717, 1.165) is 12.8 Å². The van der Waals surface area contributed by atoms with Crippen LogP contribution in [0, 0.1) is 5.82 Å². The van der Waals surface area contributed by atoms with Gasteiger partial charge in [-0.05, 0) is 37.1 Å². The lowest BCUT2D eigenvalue weighted by atomic mass is 10.1. The molecule has 1 aliphatic rings. The Bertz CT molecular complexity index is 645. The van der Waals surface area contributed by atoms with Crippen LogP contribution in [0.25, 0.3) is 11.3 Å². The molecule has 1 amide bonds. The van der Waals surface area contributed by atoms with Crippen LogP contribution in [0.2, 0.25) is 0 Å². The number of carbonyl (C=O) groups excluding carboxylic acids is 1. The molecule has 1 aliphatic heterocycles. The number of halogens is 1. The number of hydrogen-bond donors (Lipinski definition) is 1. The molecule has 2 N–H and O–H groups in total. The van der Waals surface area contributed by atoms with Crippen molar-refractivity contribution in [3.05, 3.63) is 48.0 Å². The standard InChI is InChI=1S/C16H17FN2O2/c17-13-4-2-1-3-12(13)14-5-6-15(21-14)16(20)19-9-7-11(18)8-10-19/h1-6,11H,7-10,18H2. The van der Waals surface area contributed by atoms with Crippen molar-refractivity contribution in [2.24, 2.45) is 5.73 Å². The van der Waals surface area contributed by atoms with Crippen LogP contribution in [0.1, 0.15) is 23.4 Å². The van der Waals surface area contributed by atoms with Crippen molar-refractivity contribution in [2.45, 2.75) is 18.9 Å².